The van der Waals surface area contributed by atoms with Gasteiger partial charge in [-0.3, -0.25) is 19.3 Å². The van der Waals surface area contributed by atoms with E-state index >= 15 is 0 Å². The molecular formula is C21H24N4O5S. The van der Waals surface area contributed by atoms with Crippen molar-refractivity contribution in [3.63, 3.8) is 0 Å². The lowest BCUT2D eigenvalue weighted by atomic mass is 9.97. The molecule has 1 aromatic carbocycles. The normalized spacial score (nSPS) is 21.8. The number of imide groups is 1. The van der Waals surface area contributed by atoms with Crippen molar-refractivity contribution in [2.75, 3.05) is 19.7 Å². The Hall–Kier alpha value is -2.85. The lowest BCUT2D eigenvalue weighted by molar-refractivity contribution is -0.150. The standard InChI is InChI=1S/C21H24N4O5S/c1-2-30-20(28)14-8-10-24(11-9-14)19(27)17-15-16(23-31-17)18(26)25(21(29)22-15)12-13-6-4-3-5-7-13/h3-7,14,16,23H,2,8-12H2,1H3,(H,22,29). The first-order valence-electron chi connectivity index (χ1n) is 10.3. The smallest absolute Gasteiger partial charge is 0.328 e. The average Bonchev–Trinajstić information content (AvgIpc) is 3.21. The number of carbonyl (C=O) groups excluding carboxylic acids is 4. The molecule has 2 N–H and O–H groups in total. The number of ether oxygens (including phenoxy) is 1. The molecule has 10 heteroatoms. The molecule has 0 bridgehead atoms. The van der Waals surface area contributed by atoms with E-state index in [0.717, 1.165) is 22.4 Å². The van der Waals surface area contributed by atoms with E-state index in [1.807, 2.05) is 30.3 Å². The summed E-state index contributed by atoms with van der Waals surface area (Å²) in [7, 11) is 0. The maximum atomic E-state index is 13.1. The number of amides is 4. The Labute approximate surface area is 184 Å². The summed E-state index contributed by atoms with van der Waals surface area (Å²) in [4.78, 5) is 53.6. The molecule has 1 atom stereocenters. The van der Waals surface area contributed by atoms with Gasteiger partial charge in [-0.15, -0.1) is 0 Å². The number of hydrogen-bond acceptors (Lipinski definition) is 7. The van der Waals surface area contributed by atoms with E-state index in [-0.39, 0.29) is 30.2 Å². The highest BCUT2D eigenvalue weighted by molar-refractivity contribution is 8.02. The monoisotopic (exact) mass is 444 g/mol. The van der Waals surface area contributed by atoms with Crippen molar-refractivity contribution in [2.45, 2.75) is 32.4 Å². The van der Waals surface area contributed by atoms with Gasteiger partial charge in [0.25, 0.3) is 11.8 Å². The number of likely N-dealkylation sites (tertiary alicyclic amines) is 1. The highest BCUT2D eigenvalue weighted by Gasteiger charge is 2.45. The second-order valence-corrected chi connectivity index (χ2v) is 8.40. The number of nitrogens with one attached hydrogen (secondary N) is 2. The predicted octanol–water partition coefficient (Wildman–Crippen LogP) is 1.37. The average molecular weight is 445 g/mol. The summed E-state index contributed by atoms with van der Waals surface area (Å²) in [5, 5.41) is 2.73. The van der Waals surface area contributed by atoms with Gasteiger partial charge in [-0.2, -0.15) is 0 Å². The number of benzene rings is 1. The molecule has 0 radical (unpaired) electrons. The van der Waals surface area contributed by atoms with Crippen molar-refractivity contribution < 1.29 is 23.9 Å². The van der Waals surface area contributed by atoms with Crippen LogP contribution in [0.5, 0.6) is 0 Å². The van der Waals surface area contributed by atoms with Gasteiger partial charge in [0.15, 0.2) is 0 Å². The summed E-state index contributed by atoms with van der Waals surface area (Å²) in [6.45, 7) is 3.11. The van der Waals surface area contributed by atoms with Gasteiger partial charge in [0, 0.05) is 13.1 Å². The first-order chi connectivity index (χ1) is 15.0. The minimum Gasteiger partial charge on any atom is -0.466 e. The van der Waals surface area contributed by atoms with Crippen LogP contribution in [-0.4, -0.2) is 59.4 Å². The van der Waals surface area contributed by atoms with E-state index in [4.69, 9.17) is 4.74 Å². The topological polar surface area (TPSA) is 108 Å². The SMILES string of the molecule is CCOC(=O)C1CCN(C(=O)C2=C3NC(=O)N(Cc4ccccc4)C(=O)C3NS2)CC1. The fraction of sp³-hybridized carbons (Fsp3) is 0.429. The van der Waals surface area contributed by atoms with Crippen molar-refractivity contribution in [3.05, 3.63) is 46.5 Å². The van der Waals surface area contributed by atoms with Crippen LogP contribution in [0.4, 0.5) is 4.79 Å². The first-order valence-corrected chi connectivity index (χ1v) is 11.1. The van der Waals surface area contributed by atoms with Crippen LogP contribution in [0.3, 0.4) is 0 Å². The van der Waals surface area contributed by atoms with Crippen molar-refractivity contribution in [3.8, 4) is 0 Å². The van der Waals surface area contributed by atoms with Crippen molar-refractivity contribution >= 4 is 35.8 Å². The summed E-state index contributed by atoms with van der Waals surface area (Å²) < 4.78 is 8.04. The molecule has 0 aliphatic carbocycles. The molecule has 2 fully saturated rings. The number of rotatable bonds is 5. The number of esters is 1. The van der Waals surface area contributed by atoms with Crippen LogP contribution in [0.15, 0.2) is 40.9 Å². The molecular weight excluding hydrogens is 420 g/mol. The molecule has 0 saturated carbocycles. The number of carbonyl (C=O) groups is 4. The first kappa shape index (κ1) is 21.4. The summed E-state index contributed by atoms with van der Waals surface area (Å²) in [5.74, 6) is -1.07. The zero-order valence-corrected chi connectivity index (χ0v) is 17.9. The molecule has 3 heterocycles. The van der Waals surface area contributed by atoms with Gasteiger partial charge < -0.3 is 15.0 Å². The maximum absolute atomic E-state index is 13.1. The molecule has 9 nitrogen and oxygen atoms in total. The Morgan fingerprint density at radius 3 is 2.55 bits per heavy atom. The largest absolute Gasteiger partial charge is 0.466 e. The van der Waals surface area contributed by atoms with Crippen LogP contribution in [0.1, 0.15) is 25.3 Å². The van der Waals surface area contributed by atoms with Gasteiger partial charge >= 0.3 is 12.0 Å². The van der Waals surface area contributed by atoms with Crippen LogP contribution in [0.25, 0.3) is 0 Å². The van der Waals surface area contributed by atoms with Gasteiger partial charge in [0.05, 0.1) is 24.8 Å². The summed E-state index contributed by atoms with van der Waals surface area (Å²) in [6, 6.07) is 7.93. The van der Waals surface area contributed by atoms with E-state index in [0.29, 0.717) is 43.1 Å². The Bertz CT molecular complexity index is 927. The highest BCUT2D eigenvalue weighted by atomic mass is 32.2. The van der Waals surface area contributed by atoms with Crippen LogP contribution >= 0.6 is 11.9 Å². The van der Waals surface area contributed by atoms with Crippen LogP contribution < -0.4 is 10.0 Å². The fourth-order valence-electron chi connectivity index (χ4n) is 3.90. The van der Waals surface area contributed by atoms with E-state index in [2.05, 4.69) is 10.0 Å². The second-order valence-electron chi connectivity index (χ2n) is 7.55. The van der Waals surface area contributed by atoms with E-state index in [1.54, 1.807) is 11.8 Å². The molecule has 0 aromatic heterocycles. The lowest BCUT2D eigenvalue weighted by Gasteiger charge is -2.32. The summed E-state index contributed by atoms with van der Waals surface area (Å²) in [6.07, 6.45) is 1.07. The molecule has 2 saturated heterocycles. The molecule has 0 spiro atoms. The fourth-order valence-corrected chi connectivity index (χ4v) is 4.85. The van der Waals surface area contributed by atoms with Gasteiger partial charge in [-0.05, 0) is 37.3 Å². The molecule has 31 heavy (non-hydrogen) atoms. The number of piperidine rings is 1. The van der Waals surface area contributed by atoms with Crippen LogP contribution in [-0.2, 0) is 25.7 Å². The van der Waals surface area contributed by atoms with Crippen LogP contribution in [0.2, 0.25) is 0 Å². The summed E-state index contributed by atoms with van der Waals surface area (Å²) >= 11 is 1.06. The number of nitrogens with zero attached hydrogens (tertiary/aromatic N) is 2. The Balaban J connectivity index is 1.43. The molecule has 4 amide bonds. The Kier molecular flexibility index (Phi) is 6.28. The maximum Gasteiger partial charge on any atom is 0.328 e. The molecule has 3 aliphatic rings. The molecule has 4 rings (SSSR count). The Morgan fingerprint density at radius 1 is 1.16 bits per heavy atom. The van der Waals surface area contributed by atoms with Gasteiger partial charge in [-0.1, -0.05) is 30.3 Å². The third-order valence-corrected chi connectivity index (χ3v) is 6.54. The lowest BCUT2D eigenvalue weighted by Crippen LogP contribution is -2.57. The van der Waals surface area contributed by atoms with Crippen molar-refractivity contribution in [1.29, 1.82) is 0 Å². The Morgan fingerprint density at radius 2 is 1.87 bits per heavy atom. The molecule has 1 aromatic rings. The zero-order chi connectivity index (χ0) is 22.0. The van der Waals surface area contributed by atoms with Gasteiger partial charge in [0.2, 0.25) is 0 Å². The van der Waals surface area contributed by atoms with Crippen LogP contribution in [0, 0.1) is 5.92 Å². The molecule has 1 unspecified atom stereocenters. The van der Waals surface area contributed by atoms with E-state index in [9.17, 15) is 19.2 Å². The number of fused-ring (bicyclic) bond motifs is 1. The second kappa shape index (κ2) is 9.11. The summed E-state index contributed by atoms with van der Waals surface area (Å²) in [5.41, 5.74) is 1.15. The third kappa shape index (κ3) is 4.31. The van der Waals surface area contributed by atoms with E-state index < -0.39 is 12.1 Å². The minimum atomic E-state index is -0.776. The molecule has 3 aliphatic heterocycles. The quantitative estimate of drug-likeness (QED) is 0.522. The molecule has 164 valence electrons. The van der Waals surface area contributed by atoms with Crippen molar-refractivity contribution in [1.82, 2.24) is 19.8 Å². The zero-order valence-electron chi connectivity index (χ0n) is 17.1. The minimum absolute atomic E-state index is 0.159. The van der Waals surface area contributed by atoms with Crippen molar-refractivity contribution in [2.24, 2.45) is 5.92 Å². The highest BCUT2D eigenvalue weighted by Crippen LogP contribution is 2.33. The van der Waals surface area contributed by atoms with Gasteiger partial charge in [-0.25, -0.2) is 9.52 Å². The van der Waals surface area contributed by atoms with E-state index in [1.165, 1.54) is 0 Å². The third-order valence-electron chi connectivity index (χ3n) is 5.59. The number of hydrogen-bond donors (Lipinski definition) is 2. The number of urea groups is 1. The van der Waals surface area contributed by atoms with Gasteiger partial charge in [0.1, 0.15) is 10.9 Å². The predicted molar refractivity (Wildman–Crippen MR) is 113 cm³/mol.